The quantitative estimate of drug-likeness (QED) is 0.315. The number of methoxy groups -OCH3 is 1. The Morgan fingerprint density at radius 2 is 2.22 bits per heavy atom. The van der Waals surface area contributed by atoms with Gasteiger partial charge in [0.05, 0.1) is 11.5 Å². The van der Waals surface area contributed by atoms with Crippen molar-refractivity contribution in [1.29, 1.82) is 0 Å². The first-order chi connectivity index (χ1) is 8.70. The normalized spacial score (nSPS) is 10.3. The highest BCUT2D eigenvalue weighted by atomic mass is 16.6. The minimum absolute atomic E-state index is 0.0597. The molecular weight excluding hydrogens is 238 g/mol. The van der Waals surface area contributed by atoms with Crippen molar-refractivity contribution in [2.24, 2.45) is 5.84 Å². The molecule has 0 aliphatic rings. The van der Waals surface area contributed by atoms with E-state index in [4.69, 9.17) is 15.3 Å². The number of ether oxygens (including phenoxy) is 2. The second-order valence-corrected chi connectivity index (χ2v) is 3.61. The average molecular weight is 255 g/mol. The molecule has 7 nitrogen and oxygen atoms in total. The highest BCUT2D eigenvalue weighted by molar-refractivity contribution is 5.65. The SMILES string of the molecule is COCCCOCc1cccc([N+](=O)[O-])c1NN. The zero-order valence-corrected chi connectivity index (χ0v) is 10.2. The van der Waals surface area contributed by atoms with Crippen LogP contribution in [0.5, 0.6) is 0 Å². The van der Waals surface area contributed by atoms with Crippen LogP contribution in [0.1, 0.15) is 12.0 Å². The molecule has 0 aliphatic heterocycles. The van der Waals surface area contributed by atoms with Gasteiger partial charge in [0, 0.05) is 32.0 Å². The smallest absolute Gasteiger partial charge is 0.294 e. The average Bonchev–Trinajstić information content (AvgIpc) is 2.38. The van der Waals surface area contributed by atoms with Crippen LogP contribution in [0.4, 0.5) is 11.4 Å². The Kier molecular flexibility index (Phi) is 6.06. The van der Waals surface area contributed by atoms with Crippen LogP contribution >= 0.6 is 0 Å². The number of nitrogen functional groups attached to an aromatic ring is 1. The van der Waals surface area contributed by atoms with E-state index in [0.29, 0.717) is 18.8 Å². The molecule has 18 heavy (non-hydrogen) atoms. The summed E-state index contributed by atoms with van der Waals surface area (Å²) in [5.74, 6) is 5.31. The van der Waals surface area contributed by atoms with Gasteiger partial charge in [0.15, 0.2) is 0 Å². The Hall–Kier alpha value is -1.70. The molecular formula is C11H17N3O4. The summed E-state index contributed by atoms with van der Waals surface area (Å²) in [5.41, 5.74) is 3.23. The van der Waals surface area contributed by atoms with Crippen molar-refractivity contribution in [3.63, 3.8) is 0 Å². The lowest BCUT2D eigenvalue weighted by Gasteiger charge is -2.09. The Bertz CT molecular complexity index is 398. The van der Waals surface area contributed by atoms with E-state index in [2.05, 4.69) is 5.43 Å². The summed E-state index contributed by atoms with van der Waals surface area (Å²) < 4.78 is 10.3. The number of hydrazine groups is 1. The third kappa shape index (κ3) is 3.95. The summed E-state index contributed by atoms with van der Waals surface area (Å²) in [5, 5.41) is 10.8. The van der Waals surface area contributed by atoms with E-state index in [0.717, 1.165) is 6.42 Å². The second-order valence-electron chi connectivity index (χ2n) is 3.61. The number of nitro benzene ring substituents is 1. The zero-order chi connectivity index (χ0) is 13.4. The number of anilines is 1. The Labute approximate surface area is 105 Å². The maximum absolute atomic E-state index is 10.8. The van der Waals surface area contributed by atoms with E-state index in [9.17, 15) is 10.1 Å². The molecule has 0 fully saturated rings. The van der Waals surface area contributed by atoms with E-state index in [-0.39, 0.29) is 18.0 Å². The number of nitro groups is 1. The highest BCUT2D eigenvalue weighted by Crippen LogP contribution is 2.27. The Morgan fingerprint density at radius 3 is 2.83 bits per heavy atom. The molecule has 0 unspecified atom stereocenters. The van der Waals surface area contributed by atoms with Crippen molar-refractivity contribution in [2.45, 2.75) is 13.0 Å². The number of rotatable bonds is 8. The van der Waals surface area contributed by atoms with Crippen LogP contribution in [0.15, 0.2) is 18.2 Å². The third-order valence-electron chi connectivity index (χ3n) is 2.36. The van der Waals surface area contributed by atoms with Gasteiger partial charge >= 0.3 is 0 Å². The van der Waals surface area contributed by atoms with Gasteiger partial charge < -0.3 is 14.9 Å². The van der Waals surface area contributed by atoms with E-state index in [1.54, 1.807) is 19.2 Å². The van der Waals surface area contributed by atoms with Crippen molar-refractivity contribution >= 4 is 11.4 Å². The molecule has 0 atom stereocenters. The van der Waals surface area contributed by atoms with Gasteiger partial charge in [-0.15, -0.1) is 0 Å². The van der Waals surface area contributed by atoms with E-state index in [1.165, 1.54) is 6.07 Å². The molecule has 0 amide bonds. The number of hydrogen-bond acceptors (Lipinski definition) is 6. The zero-order valence-electron chi connectivity index (χ0n) is 10.2. The fraction of sp³-hybridized carbons (Fsp3) is 0.455. The Balaban J connectivity index is 2.64. The summed E-state index contributed by atoms with van der Waals surface area (Å²) in [4.78, 5) is 10.3. The molecule has 0 spiro atoms. The van der Waals surface area contributed by atoms with E-state index in [1.807, 2.05) is 0 Å². The van der Waals surface area contributed by atoms with E-state index < -0.39 is 4.92 Å². The maximum atomic E-state index is 10.8. The highest BCUT2D eigenvalue weighted by Gasteiger charge is 2.16. The standard InChI is InChI=1S/C11H17N3O4/c1-17-6-3-7-18-8-9-4-2-5-10(14(15)16)11(9)13-12/h2,4-5,13H,3,6-8,12H2,1H3. The molecule has 0 aliphatic carbocycles. The van der Waals surface area contributed by atoms with Gasteiger partial charge in [-0.3, -0.25) is 16.0 Å². The fourth-order valence-corrected chi connectivity index (χ4v) is 1.51. The molecule has 100 valence electrons. The lowest BCUT2D eigenvalue weighted by molar-refractivity contribution is -0.384. The van der Waals surface area contributed by atoms with Gasteiger partial charge in [0.1, 0.15) is 5.69 Å². The first kappa shape index (κ1) is 14.4. The van der Waals surface area contributed by atoms with Crippen LogP contribution in [-0.4, -0.2) is 25.2 Å². The third-order valence-corrected chi connectivity index (χ3v) is 2.36. The number of para-hydroxylation sites is 1. The molecule has 0 radical (unpaired) electrons. The summed E-state index contributed by atoms with van der Waals surface area (Å²) in [6.45, 7) is 1.42. The van der Waals surface area contributed by atoms with Gasteiger partial charge in [-0.2, -0.15) is 0 Å². The molecule has 0 bridgehead atoms. The molecule has 1 aromatic carbocycles. The topological polar surface area (TPSA) is 99.6 Å². The number of benzene rings is 1. The molecule has 1 rings (SSSR count). The Morgan fingerprint density at radius 1 is 1.44 bits per heavy atom. The molecule has 1 aromatic rings. The minimum Gasteiger partial charge on any atom is -0.385 e. The predicted molar refractivity (Wildman–Crippen MR) is 67.1 cm³/mol. The lowest BCUT2D eigenvalue weighted by Crippen LogP contribution is -2.12. The number of nitrogens with one attached hydrogen (secondary N) is 1. The molecule has 3 N–H and O–H groups in total. The van der Waals surface area contributed by atoms with Crippen LogP contribution < -0.4 is 11.3 Å². The minimum atomic E-state index is -0.483. The monoisotopic (exact) mass is 255 g/mol. The van der Waals surface area contributed by atoms with Crippen LogP contribution in [0, 0.1) is 10.1 Å². The lowest BCUT2D eigenvalue weighted by atomic mass is 10.1. The van der Waals surface area contributed by atoms with Crippen molar-refractivity contribution in [3.8, 4) is 0 Å². The van der Waals surface area contributed by atoms with Crippen molar-refractivity contribution in [3.05, 3.63) is 33.9 Å². The van der Waals surface area contributed by atoms with Crippen molar-refractivity contribution < 1.29 is 14.4 Å². The number of nitrogens with zero attached hydrogens (tertiary/aromatic N) is 1. The van der Waals surface area contributed by atoms with Gasteiger partial charge in [0.25, 0.3) is 5.69 Å². The van der Waals surface area contributed by atoms with Crippen LogP contribution in [0.25, 0.3) is 0 Å². The molecule has 0 saturated carbocycles. The predicted octanol–water partition coefficient (Wildman–Crippen LogP) is 1.43. The van der Waals surface area contributed by atoms with Gasteiger partial charge in [-0.05, 0) is 6.42 Å². The van der Waals surface area contributed by atoms with Gasteiger partial charge in [-0.25, -0.2) is 0 Å². The van der Waals surface area contributed by atoms with Gasteiger partial charge in [-0.1, -0.05) is 12.1 Å². The second kappa shape index (κ2) is 7.59. The molecule has 0 heterocycles. The summed E-state index contributed by atoms with van der Waals surface area (Å²) in [6, 6.07) is 4.73. The molecule has 0 saturated heterocycles. The van der Waals surface area contributed by atoms with Crippen LogP contribution in [-0.2, 0) is 16.1 Å². The molecule has 7 heteroatoms. The van der Waals surface area contributed by atoms with E-state index >= 15 is 0 Å². The largest absolute Gasteiger partial charge is 0.385 e. The fourth-order valence-electron chi connectivity index (χ4n) is 1.51. The van der Waals surface area contributed by atoms with Gasteiger partial charge in [0.2, 0.25) is 0 Å². The molecule has 0 aromatic heterocycles. The van der Waals surface area contributed by atoms with Crippen molar-refractivity contribution in [1.82, 2.24) is 0 Å². The number of hydrogen-bond donors (Lipinski definition) is 2. The van der Waals surface area contributed by atoms with Crippen LogP contribution in [0.2, 0.25) is 0 Å². The first-order valence-electron chi connectivity index (χ1n) is 5.50. The maximum Gasteiger partial charge on any atom is 0.294 e. The summed E-state index contributed by atoms with van der Waals surface area (Å²) >= 11 is 0. The summed E-state index contributed by atoms with van der Waals surface area (Å²) in [7, 11) is 1.62. The van der Waals surface area contributed by atoms with Crippen molar-refractivity contribution in [2.75, 3.05) is 25.7 Å². The van der Waals surface area contributed by atoms with Crippen LogP contribution in [0.3, 0.4) is 0 Å². The summed E-state index contributed by atoms with van der Waals surface area (Å²) in [6.07, 6.45) is 0.775. The first-order valence-corrected chi connectivity index (χ1v) is 5.50. The number of nitrogens with two attached hydrogens (primary N) is 1.